The second-order valence-corrected chi connectivity index (χ2v) is 2.46. The fourth-order valence-corrected chi connectivity index (χ4v) is 1.23. The van der Waals surface area contributed by atoms with Gasteiger partial charge in [-0.3, -0.25) is 0 Å². The van der Waals surface area contributed by atoms with Gasteiger partial charge in [0, 0.05) is 24.6 Å². The van der Waals surface area contributed by atoms with E-state index in [1.807, 2.05) is 0 Å². The molecule has 1 saturated carbocycles. The molecule has 0 spiro atoms. The Kier molecular flexibility index (Phi) is 5.60. The summed E-state index contributed by atoms with van der Waals surface area (Å²) in [5.74, 6) is 0. The summed E-state index contributed by atoms with van der Waals surface area (Å²) in [4.78, 5) is 0. The zero-order chi connectivity index (χ0) is 5.82. The van der Waals surface area contributed by atoms with Gasteiger partial charge in [0.1, 0.15) is 0 Å². The van der Waals surface area contributed by atoms with Crippen molar-refractivity contribution in [3.05, 3.63) is 0 Å². The van der Waals surface area contributed by atoms with E-state index < -0.39 is 0 Å². The van der Waals surface area contributed by atoms with Gasteiger partial charge < -0.3 is 5.21 Å². The first-order chi connectivity index (χ1) is 3.93. The zero-order valence-electron chi connectivity index (χ0n) is 5.51. The summed E-state index contributed by atoms with van der Waals surface area (Å²) < 4.78 is 0. The molecular formula is C6H13NOV. The van der Waals surface area contributed by atoms with Crippen LogP contribution in [-0.2, 0) is 18.6 Å². The summed E-state index contributed by atoms with van der Waals surface area (Å²) in [6.07, 6.45) is 6.20. The van der Waals surface area contributed by atoms with E-state index in [1.165, 1.54) is 19.3 Å². The fraction of sp³-hybridized carbons (Fsp3) is 1.00. The SMILES string of the molecule is ONC1CCCCC1.[V]. The van der Waals surface area contributed by atoms with Gasteiger partial charge in [-0.25, -0.2) is 5.48 Å². The summed E-state index contributed by atoms with van der Waals surface area (Å²) in [7, 11) is 0. The third-order valence-corrected chi connectivity index (χ3v) is 1.79. The van der Waals surface area contributed by atoms with Crippen molar-refractivity contribution in [1.82, 2.24) is 5.48 Å². The first kappa shape index (κ1) is 9.50. The van der Waals surface area contributed by atoms with Crippen LogP contribution in [0.4, 0.5) is 0 Å². The Morgan fingerprint density at radius 3 is 2.00 bits per heavy atom. The molecule has 0 atom stereocenters. The second-order valence-electron chi connectivity index (χ2n) is 2.46. The molecule has 53 valence electrons. The predicted octanol–water partition coefficient (Wildman–Crippen LogP) is 1.30. The molecule has 1 aliphatic rings. The van der Waals surface area contributed by atoms with Gasteiger partial charge >= 0.3 is 0 Å². The van der Waals surface area contributed by atoms with Gasteiger partial charge in [-0.1, -0.05) is 19.3 Å². The summed E-state index contributed by atoms with van der Waals surface area (Å²) in [6.45, 7) is 0. The Morgan fingerprint density at radius 2 is 1.67 bits per heavy atom. The molecule has 0 unspecified atom stereocenters. The van der Waals surface area contributed by atoms with Crippen molar-refractivity contribution < 1.29 is 23.8 Å². The van der Waals surface area contributed by atoms with Gasteiger partial charge in [-0.05, 0) is 12.8 Å². The number of hydroxylamine groups is 1. The average Bonchev–Trinajstić information content (AvgIpc) is 1.90. The molecule has 1 rings (SSSR count). The number of hydrogen-bond donors (Lipinski definition) is 2. The molecule has 0 aromatic rings. The van der Waals surface area contributed by atoms with E-state index in [-0.39, 0.29) is 18.6 Å². The molecule has 3 heteroatoms. The smallest absolute Gasteiger partial charge is 0.0319 e. The van der Waals surface area contributed by atoms with Crippen molar-refractivity contribution >= 4 is 0 Å². The summed E-state index contributed by atoms with van der Waals surface area (Å²) in [5, 5.41) is 8.44. The molecule has 0 bridgehead atoms. The first-order valence-electron chi connectivity index (χ1n) is 3.33. The monoisotopic (exact) mass is 166 g/mol. The van der Waals surface area contributed by atoms with Gasteiger partial charge in [-0.15, -0.1) is 0 Å². The van der Waals surface area contributed by atoms with Crippen molar-refractivity contribution in [2.45, 2.75) is 38.1 Å². The third-order valence-electron chi connectivity index (χ3n) is 1.79. The maximum absolute atomic E-state index is 8.44. The van der Waals surface area contributed by atoms with E-state index in [1.54, 1.807) is 0 Å². The minimum atomic E-state index is 0. The molecule has 1 fully saturated rings. The number of rotatable bonds is 1. The summed E-state index contributed by atoms with van der Waals surface area (Å²) in [6, 6.07) is 0.392. The third kappa shape index (κ3) is 3.26. The largest absolute Gasteiger partial charge is 0.317 e. The Labute approximate surface area is 67.9 Å². The molecule has 0 aromatic carbocycles. The van der Waals surface area contributed by atoms with Crippen LogP contribution in [0.5, 0.6) is 0 Å². The molecule has 0 aliphatic heterocycles. The molecule has 0 heterocycles. The van der Waals surface area contributed by atoms with Gasteiger partial charge in [0.15, 0.2) is 0 Å². The van der Waals surface area contributed by atoms with Crippen LogP contribution in [0.15, 0.2) is 0 Å². The normalized spacial score (nSPS) is 21.0. The molecule has 2 N–H and O–H groups in total. The van der Waals surface area contributed by atoms with Crippen molar-refractivity contribution in [2.75, 3.05) is 0 Å². The van der Waals surface area contributed by atoms with Crippen LogP contribution in [0, 0.1) is 0 Å². The molecular weight excluding hydrogens is 153 g/mol. The average molecular weight is 166 g/mol. The Balaban J connectivity index is 0.000000640. The van der Waals surface area contributed by atoms with Crippen LogP contribution >= 0.6 is 0 Å². The van der Waals surface area contributed by atoms with Crippen LogP contribution < -0.4 is 5.48 Å². The van der Waals surface area contributed by atoms with Crippen molar-refractivity contribution in [2.24, 2.45) is 0 Å². The molecule has 1 aliphatic carbocycles. The van der Waals surface area contributed by atoms with Gasteiger partial charge in [0.05, 0.1) is 0 Å². The standard InChI is InChI=1S/C6H13NO.V/c8-7-6-4-2-1-3-5-6;/h6-8H,1-5H2;. The van der Waals surface area contributed by atoms with E-state index in [0.717, 1.165) is 12.8 Å². The van der Waals surface area contributed by atoms with Crippen molar-refractivity contribution in [3.8, 4) is 0 Å². The maximum atomic E-state index is 8.44. The minimum Gasteiger partial charge on any atom is -0.317 e. The van der Waals surface area contributed by atoms with Crippen molar-refractivity contribution in [1.29, 1.82) is 0 Å². The number of nitrogens with one attached hydrogen (secondary N) is 1. The van der Waals surface area contributed by atoms with Crippen molar-refractivity contribution in [3.63, 3.8) is 0 Å². The quantitative estimate of drug-likeness (QED) is 0.575. The van der Waals surface area contributed by atoms with E-state index in [9.17, 15) is 0 Å². The van der Waals surface area contributed by atoms with E-state index in [4.69, 9.17) is 5.21 Å². The Hall–Kier alpha value is 0.504. The Bertz CT molecular complexity index is 64.1. The minimum absolute atomic E-state index is 0. The first-order valence-corrected chi connectivity index (χ1v) is 3.33. The molecule has 9 heavy (non-hydrogen) atoms. The maximum Gasteiger partial charge on any atom is 0.0319 e. The number of hydrogen-bond acceptors (Lipinski definition) is 2. The molecule has 1 radical (unpaired) electrons. The molecule has 2 nitrogen and oxygen atoms in total. The predicted molar refractivity (Wildman–Crippen MR) is 31.8 cm³/mol. The topological polar surface area (TPSA) is 32.3 Å². The van der Waals surface area contributed by atoms with E-state index in [2.05, 4.69) is 5.48 Å². The van der Waals surface area contributed by atoms with Gasteiger partial charge in [-0.2, -0.15) is 0 Å². The van der Waals surface area contributed by atoms with Crippen LogP contribution in [-0.4, -0.2) is 11.2 Å². The summed E-state index contributed by atoms with van der Waals surface area (Å²) in [5.41, 5.74) is 2.30. The van der Waals surface area contributed by atoms with Crippen LogP contribution in [0.1, 0.15) is 32.1 Å². The molecule has 0 amide bonds. The second kappa shape index (κ2) is 5.30. The van der Waals surface area contributed by atoms with Crippen LogP contribution in [0.25, 0.3) is 0 Å². The molecule has 0 saturated heterocycles. The van der Waals surface area contributed by atoms with Gasteiger partial charge in [0.25, 0.3) is 0 Å². The van der Waals surface area contributed by atoms with E-state index >= 15 is 0 Å². The molecule has 0 aromatic heterocycles. The van der Waals surface area contributed by atoms with E-state index in [0.29, 0.717) is 6.04 Å². The van der Waals surface area contributed by atoms with Crippen LogP contribution in [0.2, 0.25) is 0 Å². The Morgan fingerprint density at radius 1 is 1.11 bits per heavy atom. The van der Waals surface area contributed by atoms with Gasteiger partial charge in [0.2, 0.25) is 0 Å². The van der Waals surface area contributed by atoms with Crippen LogP contribution in [0.3, 0.4) is 0 Å². The summed E-state index contributed by atoms with van der Waals surface area (Å²) >= 11 is 0. The fourth-order valence-electron chi connectivity index (χ4n) is 1.23. The zero-order valence-corrected chi connectivity index (χ0v) is 6.90.